The minimum absolute atomic E-state index is 0.00333. The van der Waals surface area contributed by atoms with Crippen LogP contribution in [0.3, 0.4) is 0 Å². The van der Waals surface area contributed by atoms with Crippen molar-refractivity contribution < 1.29 is 9.18 Å². The Kier molecular flexibility index (Phi) is 4.18. The summed E-state index contributed by atoms with van der Waals surface area (Å²) in [6.07, 6.45) is 0. The Morgan fingerprint density at radius 1 is 1.59 bits per heavy atom. The number of thioether (sulfide) groups is 1. The van der Waals surface area contributed by atoms with Crippen LogP contribution in [0.1, 0.15) is 17.3 Å². The molecule has 0 saturated carbocycles. The van der Waals surface area contributed by atoms with E-state index in [1.54, 1.807) is 12.1 Å². The summed E-state index contributed by atoms with van der Waals surface area (Å²) in [4.78, 5) is 14.1. The van der Waals surface area contributed by atoms with E-state index < -0.39 is 0 Å². The van der Waals surface area contributed by atoms with Crippen LogP contribution in [0, 0.1) is 5.82 Å². The fourth-order valence-corrected chi connectivity index (χ4v) is 3.07. The molecule has 1 heterocycles. The summed E-state index contributed by atoms with van der Waals surface area (Å²) in [5.74, 6) is 0.722. The van der Waals surface area contributed by atoms with Crippen molar-refractivity contribution in [2.45, 2.75) is 12.2 Å². The molecule has 1 saturated heterocycles. The lowest BCUT2D eigenvalue weighted by Crippen LogP contribution is -2.39. The van der Waals surface area contributed by atoms with Gasteiger partial charge in [0, 0.05) is 29.7 Å². The molecule has 92 valence electrons. The van der Waals surface area contributed by atoms with E-state index in [0.29, 0.717) is 17.4 Å². The third kappa shape index (κ3) is 3.54. The van der Waals surface area contributed by atoms with E-state index in [9.17, 15) is 9.18 Å². The smallest absolute Gasteiger partial charge is 0.176 e. The molecular weight excluding hydrogens is 237 g/mol. The Labute approximate surface area is 105 Å². The Morgan fingerprint density at radius 3 is 3.12 bits per heavy atom. The zero-order valence-corrected chi connectivity index (χ0v) is 10.7. The summed E-state index contributed by atoms with van der Waals surface area (Å²) in [5.41, 5.74) is 0.468. The van der Waals surface area contributed by atoms with Gasteiger partial charge in [-0.15, -0.1) is 0 Å². The molecule has 1 fully saturated rings. The van der Waals surface area contributed by atoms with Gasteiger partial charge in [-0.2, -0.15) is 11.8 Å². The van der Waals surface area contributed by atoms with Crippen molar-refractivity contribution in [2.75, 3.05) is 25.4 Å². The Morgan fingerprint density at radius 2 is 2.41 bits per heavy atom. The van der Waals surface area contributed by atoms with Crippen LogP contribution in [0.4, 0.5) is 4.39 Å². The predicted molar refractivity (Wildman–Crippen MR) is 69.1 cm³/mol. The second-order valence-electron chi connectivity index (χ2n) is 4.35. The highest BCUT2D eigenvalue weighted by Gasteiger charge is 2.19. The maximum Gasteiger partial charge on any atom is 0.176 e. The molecule has 17 heavy (non-hydrogen) atoms. The summed E-state index contributed by atoms with van der Waals surface area (Å²) >= 11 is 1.93. The van der Waals surface area contributed by atoms with E-state index in [2.05, 4.69) is 11.8 Å². The summed E-state index contributed by atoms with van der Waals surface area (Å²) in [6, 6.07) is 5.92. The molecule has 0 radical (unpaired) electrons. The normalized spacial score (nSPS) is 21.4. The third-order valence-corrected chi connectivity index (χ3v) is 3.98. The first-order valence-corrected chi connectivity index (χ1v) is 6.83. The number of hydrogen-bond donors (Lipinski definition) is 0. The van der Waals surface area contributed by atoms with Crippen LogP contribution in [0.15, 0.2) is 24.3 Å². The van der Waals surface area contributed by atoms with Gasteiger partial charge >= 0.3 is 0 Å². The van der Waals surface area contributed by atoms with E-state index in [-0.39, 0.29) is 11.6 Å². The second kappa shape index (κ2) is 5.65. The van der Waals surface area contributed by atoms with Crippen LogP contribution in [-0.2, 0) is 0 Å². The van der Waals surface area contributed by atoms with Gasteiger partial charge < -0.3 is 0 Å². The quantitative estimate of drug-likeness (QED) is 0.772. The number of nitrogens with zero attached hydrogens (tertiary/aromatic N) is 1. The van der Waals surface area contributed by atoms with Gasteiger partial charge in [0.1, 0.15) is 5.82 Å². The SMILES string of the molecule is CC1CN(CC(=O)c2cccc(F)c2)CCS1. The maximum absolute atomic E-state index is 13.0. The van der Waals surface area contributed by atoms with Crippen molar-refractivity contribution in [3.8, 4) is 0 Å². The first-order chi connectivity index (χ1) is 8.15. The summed E-state index contributed by atoms with van der Waals surface area (Å²) in [6.45, 7) is 4.44. The number of Topliss-reactive ketones (excluding diaryl/α,β-unsaturated/α-hetero) is 1. The number of hydrogen-bond acceptors (Lipinski definition) is 3. The van der Waals surface area contributed by atoms with Crippen molar-refractivity contribution in [1.82, 2.24) is 4.90 Å². The molecule has 1 aliphatic heterocycles. The minimum atomic E-state index is -0.349. The number of carbonyl (C=O) groups excluding carboxylic acids is 1. The van der Waals surface area contributed by atoms with Gasteiger partial charge in [0.2, 0.25) is 0 Å². The van der Waals surface area contributed by atoms with Crippen LogP contribution in [-0.4, -0.2) is 41.3 Å². The van der Waals surface area contributed by atoms with Gasteiger partial charge in [-0.1, -0.05) is 19.1 Å². The van der Waals surface area contributed by atoms with Gasteiger partial charge in [0.15, 0.2) is 5.78 Å². The number of ketones is 1. The molecular formula is C13H16FNOS. The lowest BCUT2D eigenvalue weighted by molar-refractivity contribution is 0.0933. The number of benzene rings is 1. The highest BCUT2D eigenvalue weighted by atomic mass is 32.2. The van der Waals surface area contributed by atoms with Gasteiger partial charge in [-0.25, -0.2) is 4.39 Å². The molecule has 0 bridgehead atoms. The first kappa shape index (κ1) is 12.6. The lowest BCUT2D eigenvalue weighted by atomic mass is 10.1. The summed E-state index contributed by atoms with van der Waals surface area (Å²) in [7, 11) is 0. The standard InChI is InChI=1S/C13H16FNOS/c1-10-8-15(5-6-17-10)9-13(16)11-3-2-4-12(14)7-11/h2-4,7,10H,5-6,8-9H2,1H3. The molecule has 0 spiro atoms. The molecule has 1 atom stereocenters. The van der Waals surface area contributed by atoms with E-state index in [1.807, 2.05) is 11.8 Å². The minimum Gasteiger partial charge on any atom is -0.294 e. The van der Waals surface area contributed by atoms with Crippen molar-refractivity contribution in [3.63, 3.8) is 0 Å². The first-order valence-electron chi connectivity index (χ1n) is 5.78. The summed E-state index contributed by atoms with van der Waals surface area (Å²) < 4.78 is 13.0. The Balaban J connectivity index is 1.97. The zero-order chi connectivity index (χ0) is 12.3. The lowest BCUT2D eigenvalue weighted by Gasteiger charge is -2.29. The molecule has 0 aliphatic carbocycles. The Hall–Kier alpha value is -0.870. The fourth-order valence-electron chi connectivity index (χ4n) is 1.99. The molecule has 1 aromatic carbocycles. The van der Waals surface area contributed by atoms with Crippen molar-refractivity contribution in [2.24, 2.45) is 0 Å². The van der Waals surface area contributed by atoms with Crippen molar-refractivity contribution in [3.05, 3.63) is 35.6 Å². The van der Waals surface area contributed by atoms with Gasteiger partial charge in [-0.05, 0) is 12.1 Å². The molecule has 1 aliphatic rings. The molecule has 1 aromatic rings. The van der Waals surface area contributed by atoms with Crippen LogP contribution in [0.25, 0.3) is 0 Å². The number of rotatable bonds is 3. The second-order valence-corrected chi connectivity index (χ2v) is 5.90. The molecule has 0 amide bonds. The van der Waals surface area contributed by atoms with E-state index >= 15 is 0 Å². The van der Waals surface area contributed by atoms with Crippen LogP contribution in [0.2, 0.25) is 0 Å². The number of carbonyl (C=O) groups is 1. The third-order valence-electron chi connectivity index (χ3n) is 2.84. The monoisotopic (exact) mass is 253 g/mol. The zero-order valence-electron chi connectivity index (χ0n) is 9.86. The van der Waals surface area contributed by atoms with Gasteiger partial charge in [0.05, 0.1) is 6.54 Å². The maximum atomic E-state index is 13.0. The average molecular weight is 253 g/mol. The largest absolute Gasteiger partial charge is 0.294 e. The van der Waals surface area contributed by atoms with Crippen LogP contribution >= 0.6 is 11.8 Å². The van der Waals surface area contributed by atoms with Crippen molar-refractivity contribution in [1.29, 1.82) is 0 Å². The topological polar surface area (TPSA) is 20.3 Å². The van der Waals surface area contributed by atoms with E-state index in [4.69, 9.17) is 0 Å². The highest BCUT2D eigenvalue weighted by molar-refractivity contribution is 7.99. The summed E-state index contributed by atoms with van der Waals surface area (Å²) in [5, 5.41) is 0.573. The van der Waals surface area contributed by atoms with Crippen molar-refractivity contribution >= 4 is 17.5 Å². The molecule has 2 nitrogen and oxygen atoms in total. The van der Waals surface area contributed by atoms with Gasteiger partial charge in [0.25, 0.3) is 0 Å². The van der Waals surface area contributed by atoms with E-state index in [0.717, 1.165) is 18.8 Å². The molecule has 0 aromatic heterocycles. The fraction of sp³-hybridized carbons (Fsp3) is 0.462. The number of halogens is 1. The van der Waals surface area contributed by atoms with Crippen LogP contribution < -0.4 is 0 Å². The Bertz CT molecular complexity index is 410. The average Bonchev–Trinajstić information content (AvgIpc) is 2.29. The van der Waals surface area contributed by atoms with Crippen LogP contribution in [0.5, 0.6) is 0 Å². The molecule has 2 rings (SSSR count). The molecule has 0 N–H and O–H groups in total. The van der Waals surface area contributed by atoms with E-state index in [1.165, 1.54) is 12.1 Å². The molecule has 4 heteroatoms. The molecule has 1 unspecified atom stereocenters. The highest BCUT2D eigenvalue weighted by Crippen LogP contribution is 2.18. The predicted octanol–water partition coefficient (Wildman–Crippen LogP) is 2.45. The van der Waals surface area contributed by atoms with Gasteiger partial charge in [-0.3, -0.25) is 9.69 Å².